The van der Waals surface area contributed by atoms with E-state index < -0.39 is 0 Å². The van der Waals surface area contributed by atoms with Crippen LogP contribution in [0.15, 0.2) is 43.1 Å². The molecule has 1 aliphatic rings. The van der Waals surface area contributed by atoms with E-state index in [0.29, 0.717) is 17.2 Å². The zero-order valence-electron chi connectivity index (χ0n) is 16.8. The van der Waals surface area contributed by atoms with Crippen molar-refractivity contribution in [1.82, 2.24) is 35.1 Å². The van der Waals surface area contributed by atoms with Crippen molar-refractivity contribution in [3.63, 3.8) is 0 Å². The van der Waals surface area contributed by atoms with Crippen molar-refractivity contribution in [2.45, 2.75) is 19.3 Å². The van der Waals surface area contributed by atoms with Crippen molar-refractivity contribution < 1.29 is 0 Å². The summed E-state index contributed by atoms with van der Waals surface area (Å²) >= 11 is 0. The molecule has 0 aliphatic carbocycles. The highest BCUT2D eigenvalue weighted by Gasteiger charge is 2.19. The maximum absolute atomic E-state index is 5.90. The number of nitrogens with two attached hydrogens (primary N) is 1. The van der Waals surface area contributed by atoms with Crippen molar-refractivity contribution in [3.8, 4) is 22.6 Å². The quantitative estimate of drug-likeness (QED) is 0.415. The Bertz CT molecular complexity index is 1390. The summed E-state index contributed by atoms with van der Waals surface area (Å²) < 4.78 is 0. The summed E-state index contributed by atoms with van der Waals surface area (Å²) in [7, 11) is 0. The highest BCUT2D eigenvalue weighted by molar-refractivity contribution is 5.95. The molecule has 0 amide bonds. The molecule has 0 atom stereocenters. The highest BCUT2D eigenvalue weighted by atomic mass is 15.2. The Kier molecular flexibility index (Phi) is 4.05. The maximum atomic E-state index is 5.90. The van der Waals surface area contributed by atoms with Crippen LogP contribution in [-0.2, 0) is 0 Å². The summed E-state index contributed by atoms with van der Waals surface area (Å²) in [4.78, 5) is 23.8. The lowest BCUT2D eigenvalue weighted by molar-refractivity contribution is 0.578. The zero-order chi connectivity index (χ0) is 20.8. The Morgan fingerprint density at radius 2 is 1.74 bits per heavy atom. The van der Waals surface area contributed by atoms with Gasteiger partial charge in [0, 0.05) is 42.8 Å². The van der Waals surface area contributed by atoms with Gasteiger partial charge < -0.3 is 15.6 Å². The van der Waals surface area contributed by atoms with Crippen LogP contribution in [0.1, 0.15) is 19.3 Å². The third-order valence-corrected chi connectivity index (χ3v) is 5.81. The number of fused-ring (bicyclic) bond motifs is 2. The predicted molar refractivity (Wildman–Crippen MR) is 120 cm³/mol. The van der Waals surface area contributed by atoms with Crippen molar-refractivity contribution in [3.05, 3.63) is 43.1 Å². The fraction of sp³-hybridized carbons (Fsp3) is 0.227. The molecule has 0 radical (unpaired) electrons. The van der Waals surface area contributed by atoms with E-state index in [0.717, 1.165) is 52.0 Å². The summed E-state index contributed by atoms with van der Waals surface area (Å²) in [6.07, 6.45) is 12.6. The van der Waals surface area contributed by atoms with Gasteiger partial charge in [-0.05, 0) is 31.4 Å². The number of rotatable bonds is 3. The van der Waals surface area contributed by atoms with Crippen LogP contribution in [0.4, 0.5) is 11.4 Å². The molecule has 154 valence electrons. The van der Waals surface area contributed by atoms with Crippen LogP contribution in [0.2, 0.25) is 0 Å². The van der Waals surface area contributed by atoms with Crippen LogP contribution in [0, 0.1) is 0 Å². The SMILES string of the molecule is Nc1cncc(-c2cnc3[nH]nc(-c4nc5c(N6CCCCC6)cncc5[nH]4)c3c2)c1. The first-order valence-electron chi connectivity index (χ1n) is 10.4. The van der Waals surface area contributed by atoms with E-state index in [9.17, 15) is 0 Å². The van der Waals surface area contributed by atoms with Crippen molar-refractivity contribution >= 4 is 33.4 Å². The molecule has 5 aromatic heterocycles. The fourth-order valence-electron chi connectivity index (χ4n) is 4.25. The number of nitrogens with zero attached hydrogens (tertiary/aromatic N) is 6. The molecule has 5 aromatic rings. The molecule has 0 saturated carbocycles. The summed E-state index contributed by atoms with van der Waals surface area (Å²) in [5.74, 6) is 0.692. The van der Waals surface area contributed by atoms with E-state index in [2.05, 4.69) is 35.0 Å². The van der Waals surface area contributed by atoms with Gasteiger partial charge in [-0.3, -0.25) is 15.1 Å². The van der Waals surface area contributed by atoms with Gasteiger partial charge in [-0.1, -0.05) is 0 Å². The topological polar surface area (TPSA) is 125 Å². The minimum absolute atomic E-state index is 0.611. The maximum Gasteiger partial charge on any atom is 0.159 e. The van der Waals surface area contributed by atoms with Crippen molar-refractivity contribution in [2.75, 3.05) is 23.7 Å². The van der Waals surface area contributed by atoms with Crippen LogP contribution in [0.25, 0.3) is 44.7 Å². The van der Waals surface area contributed by atoms with E-state index in [1.165, 1.54) is 19.3 Å². The fourth-order valence-corrected chi connectivity index (χ4v) is 4.25. The Labute approximate surface area is 177 Å². The Hall–Kier alpha value is -4.01. The number of hydrogen-bond donors (Lipinski definition) is 3. The van der Waals surface area contributed by atoms with Crippen LogP contribution in [0.3, 0.4) is 0 Å². The molecule has 9 nitrogen and oxygen atoms in total. The number of hydrogen-bond acceptors (Lipinski definition) is 7. The zero-order valence-corrected chi connectivity index (χ0v) is 16.8. The number of imidazole rings is 1. The molecule has 0 aromatic carbocycles. The van der Waals surface area contributed by atoms with Crippen molar-refractivity contribution in [2.24, 2.45) is 0 Å². The van der Waals surface area contributed by atoms with Crippen LogP contribution in [-0.4, -0.2) is 48.2 Å². The standard InChI is InChI=1S/C22H21N9/c23-15-6-13(8-24-10-15)14-7-16-19(29-30-21(16)26-9-14)22-27-17-11-25-12-18(20(17)28-22)31-4-2-1-3-5-31/h6-12H,1-5,23H2,(H,27,28)(H,26,29,30). The monoisotopic (exact) mass is 411 g/mol. The normalized spacial score (nSPS) is 14.5. The Balaban J connectivity index is 1.46. The first-order valence-corrected chi connectivity index (χ1v) is 10.4. The largest absolute Gasteiger partial charge is 0.397 e. The molecule has 6 rings (SSSR count). The van der Waals surface area contributed by atoms with E-state index >= 15 is 0 Å². The number of piperidine rings is 1. The van der Waals surface area contributed by atoms with Gasteiger partial charge in [-0.15, -0.1) is 0 Å². The summed E-state index contributed by atoms with van der Waals surface area (Å²) in [5.41, 5.74) is 12.7. The molecule has 4 N–H and O–H groups in total. The molecule has 0 unspecified atom stereocenters. The van der Waals surface area contributed by atoms with Crippen molar-refractivity contribution in [1.29, 1.82) is 0 Å². The third kappa shape index (κ3) is 3.05. The third-order valence-electron chi connectivity index (χ3n) is 5.81. The molecule has 0 spiro atoms. The van der Waals surface area contributed by atoms with Gasteiger partial charge in [-0.25, -0.2) is 9.97 Å². The number of aromatic nitrogens is 7. The number of anilines is 2. The lowest BCUT2D eigenvalue weighted by atomic mass is 10.1. The second kappa shape index (κ2) is 7.05. The lowest BCUT2D eigenvalue weighted by Gasteiger charge is -2.28. The molecule has 1 saturated heterocycles. The second-order valence-corrected chi connectivity index (χ2v) is 7.89. The minimum Gasteiger partial charge on any atom is -0.397 e. The van der Waals surface area contributed by atoms with E-state index in [4.69, 9.17) is 10.7 Å². The van der Waals surface area contributed by atoms with Gasteiger partial charge in [0.2, 0.25) is 0 Å². The van der Waals surface area contributed by atoms with Gasteiger partial charge in [0.15, 0.2) is 11.5 Å². The molecular weight excluding hydrogens is 390 g/mol. The molecule has 31 heavy (non-hydrogen) atoms. The first-order chi connectivity index (χ1) is 15.3. The average molecular weight is 411 g/mol. The van der Waals surface area contributed by atoms with Crippen LogP contribution in [0.5, 0.6) is 0 Å². The van der Waals surface area contributed by atoms with Crippen LogP contribution < -0.4 is 10.6 Å². The van der Waals surface area contributed by atoms with Crippen LogP contribution >= 0.6 is 0 Å². The molecule has 1 fully saturated rings. The van der Waals surface area contributed by atoms with Gasteiger partial charge in [-0.2, -0.15) is 5.10 Å². The number of H-pyrrole nitrogens is 2. The van der Waals surface area contributed by atoms with Gasteiger partial charge >= 0.3 is 0 Å². The second-order valence-electron chi connectivity index (χ2n) is 7.89. The molecular formula is C22H21N9. The first kappa shape index (κ1) is 17.8. The molecule has 9 heteroatoms. The number of pyridine rings is 3. The Morgan fingerprint density at radius 3 is 2.61 bits per heavy atom. The summed E-state index contributed by atoms with van der Waals surface area (Å²) in [5, 5.41) is 8.39. The van der Waals surface area contributed by atoms with Gasteiger partial charge in [0.05, 0.1) is 34.7 Å². The number of nitrogen functional groups attached to an aromatic ring is 1. The summed E-state index contributed by atoms with van der Waals surface area (Å²) in [6.45, 7) is 2.08. The summed E-state index contributed by atoms with van der Waals surface area (Å²) in [6, 6.07) is 3.92. The van der Waals surface area contributed by atoms with Gasteiger partial charge in [0.25, 0.3) is 0 Å². The Morgan fingerprint density at radius 1 is 0.903 bits per heavy atom. The smallest absolute Gasteiger partial charge is 0.159 e. The minimum atomic E-state index is 0.611. The lowest BCUT2D eigenvalue weighted by Crippen LogP contribution is -2.29. The highest BCUT2D eigenvalue weighted by Crippen LogP contribution is 2.32. The number of nitrogens with one attached hydrogen (secondary N) is 2. The van der Waals surface area contributed by atoms with E-state index in [1.807, 2.05) is 24.5 Å². The van der Waals surface area contributed by atoms with Gasteiger partial charge in [0.1, 0.15) is 11.2 Å². The molecule has 1 aliphatic heterocycles. The molecule has 6 heterocycles. The van der Waals surface area contributed by atoms with E-state index in [-0.39, 0.29) is 0 Å². The predicted octanol–water partition coefficient (Wildman–Crippen LogP) is 3.53. The van der Waals surface area contributed by atoms with E-state index in [1.54, 1.807) is 18.6 Å². The average Bonchev–Trinajstić information content (AvgIpc) is 3.43. The number of aromatic amines is 2. The molecule has 0 bridgehead atoms.